The minimum atomic E-state index is 0.319. The van der Waals surface area contributed by atoms with Crippen LogP contribution >= 0.6 is 0 Å². The lowest BCUT2D eigenvalue weighted by Crippen LogP contribution is -2.25. The van der Waals surface area contributed by atoms with Crippen LogP contribution in [-0.4, -0.2) is 19.3 Å². The molecular weight excluding hydrogens is 150 g/mol. The molecular formula is C10H21NO. The third kappa shape index (κ3) is 4.07. The van der Waals surface area contributed by atoms with Gasteiger partial charge < -0.3 is 10.5 Å². The highest BCUT2D eigenvalue weighted by atomic mass is 16.5. The quantitative estimate of drug-likeness (QED) is 0.662. The minimum absolute atomic E-state index is 0.319. The van der Waals surface area contributed by atoms with Gasteiger partial charge in [-0.1, -0.05) is 12.8 Å². The maximum Gasteiger partial charge on any atom is 0.0558 e. The van der Waals surface area contributed by atoms with Gasteiger partial charge in [0.2, 0.25) is 0 Å². The van der Waals surface area contributed by atoms with E-state index < -0.39 is 0 Å². The van der Waals surface area contributed by atoms with Crippen molar-refractivity contribution in [3.05, 3.63) is 0 Å². The van der Waals surface area contributed by atoms with Gasteiger partial charge in [0.05, 0.1) is 6.10 Å². The number of nitrogens with two attached hydrogens (primary N) is 1. The van der Waals surface area contributed by atoms with Crippen molar-refractivity contribution in [1.29, 1.82) is 0 Å². The second kappa shape index (κ2) is 4.83. The van der Waals surface area contributed by atoms with E-state index in [1.54, 1.807) is 7.11 Å². The van der Waals surface area contributed by atoms with Crippen LogP contribution in [0.15, 0.2) is 0 Å². The van der Waals surface area contributed by atoms with Gasteiger partial charge in [-0.25, -0.2) is 0 Å². The summed E-state index contributed by atoms with van der Waals surface area (Å²) >= 11 is 0. The van der Waals surface area contributed by atoms with Crippen LogP contribution in [0.2, 0.25) is 0 Å². The topological polar surface area (TPSA) is 35.2 Å². The smallest absolute Gasteiger partial charge is 0.0558 e. The molecule has 1 rings (SSSR count). The Morgan fingerprint density at radius 1 is 1.50 bits per heavy atom. The second-order valence-corrected chi connectivity index (χ2v) is 4.06. The fourth-order valence-electron chi connectivity index (χ4n) is 1.50. The Kier molecular flexibility index (Phi) is 4.02. The highest BCUT2D eigenvalue weighted by Gasteiger charge is 2.21. The summed E-state index contributed by atoms with van der Waals surface area (Å²) in [5, 5.41) is 0. The third-order valence-electron chi connectivity index (χ3n) is 2.68. The molecule has 0 aromatic heterocycles. The van der Waals surface area contributed by atoms with Crippen LogP contribution in [0, 0.1) is 5.92 Å². The summed E-state index contributed by atoms with van der Waals surface area (Å²) in [4.78, 5) is 0. The molecule has 1 saturated carbocycles. The fraction of sp³-hybridized carbons (Fsp3) is 1.00. The van der Waals surface area contributed by atoms with Crippen LogP contribution in [0.3, 0.4) is 0 Å². The summed E-state index contributed by atoms with van der Waals surface area (Å²) in [6, 6.07) is 0.348. The van der Waals surface area contributed by atoms with Gasteiger partial charge in [-0.2, -0.15) is 0 Å². The van der Waals surface area contributed by atoms with E-state index in [0.29, 0.717) is 12.1 Å². The second-order valence-electron chi connectivity index (χ2n) is 4.06. The van der Waals surface area contributed by atoms with Gasteiger partial charge in [-0.3, -0.25) is 0 Å². The van der Waals surface area contributed by atoms with Gasteiger partial charge in [0.1, 0.15) is 0 Å². The fourth-order valence-corrected chi connectivity index (χ4v) is 1.50. The van der Waals surface area contributed by atoms with Gasteiger partial charge in [-0.05, 0) is 32.1 Å². The molecule has 2 heteroatoms. The molecule has 72 valence electrons. The first-order valence-electron chi connectivity index (χ1n) is 5.00. The van der Waals surface area contributed by atoms with Crippen LogP contribution in [0.4, 0.5) is 0 Å². The first-order chi connectivity index (χ1) is 5.72. The molecule has 0 bridgehead atoms. The molecule has 12 heavy (non-hydrogen) atoms. The zero-order valence-corrected chi connectivity index (χ0v) is 8.25. The maximum atomic E-state index is 5.95. The Labute approximate surface area is 75.5 Å². The highest BCUT2D eigenvalue weighted by Crippen LogP contribution is 2.33. The van der Waals surface area contributed by atoms with E-state index in [0.717, 1.165) is 12.3 Å². The van der Waals surface area contributed by atoms with Crippen molar-refractivity contribution in [2.45, 2.75) is 51.2 Å². The molecule has 0 radical (unpaired) electrons. The number of hydrogen-bond acceptors (Lipinski definition) is 2. The first-order valence-corrected chi connectivity index (χ1v) is 5.00. The van der Waals surface area contributed by atoms with E-state index in [1.165, 1.54) is 25.7 Å². The van der Waals surface area contributed by atoms with Crippen molar-refractivity contribution in [1.82, 2.24) is 0 Å². The van der Waals surface area contributed by atoms with Crippen molar-refractivity contribution in [3.8, 4) is 0 Å². The zero-order valence-electron chi connectivity index (χ0n) is 8.25. The Morgan fingerprint density at radius 3 is 2.67 bits per heavy atom. The molecule has 1 fully saturated rings. The molecule has 0 amide bonds. The number of ether oxygens (including phenoxy) is 1. The SMILES string of the molecule is COC(C)CC(N)CCC1CC1. The predicted molar refractivity (Wildman–Crippen MR) is 51.0 cm³/mol. The molecule has 0 spiro atoms. The van der Waals surface area contributed by atoms with E-state index in [-0.39, 0.29) is 0 Å². The summed E-state index contributed by atoms with van der Waals surface area (Å²) in [5.41, 5.74) is 5.95. The lowest BCUT2D eigenvalue weighted by atomic mass is 10.0. The van der Waals surface area contributed by atoms with E-state index in [2.05, 4.69) is 6.92 Å². The van der Waals surface area contributed by atoms with Crippen molar-refractivity contribution in [2.24, 2.45) is 11.7 Å². The molecule has 0 aromatic rings. The van der Waals surface area contributed by atoms with Crippen LogP contribution in [0.1, 0.15) is 39.0 Å². The molecule has 2 N–H and O–H groups in total. The minimum Gasteiger partial charge on any atom is -0.382 e. The average molecular weight is 171 g/mol. The van der Waals surface area contributed by atoms with Gasteiger partial charge in [0.25, 0.3) is 0 Å². The lowest BCUT2D eigenvalue weighted by molar-refractivity contribution is 0.103. The molecule has 0 aliphatic heterocycles. The van der Waals surface area contributed by atoms with Crippen molar-refractivity contribution in [2.75, 3.05) is 7.11 Å². The highest BCUT2D eigenvalue weighted by molar-refractivity contribution is 4.76. The normalized spacial score (nSPS) is 22.2. The summed E-state index contributed by atoms with van der Waals surface area (Å²) < 4.78 is 5.16. The molecule has 0 aromatic carbocycles. The Morgan fingerprint density at radius 2 is 2.17 bits per heavy atom. The van der Waals surface area contributed by atoms with Crippen molar-refractivity contribution in [3.63, 3.8) is 0 Å². The molecule has 2 nitrogen and oxygen atoms in total. The Balaban J connectivity index is 1.97. The Bertz CT molecular complexity index is 123. The lowest BCUT2D eigenvalue weighted by Gasteiger charge is -2.15. The molecule has 2 atom stereocenters. The maximum absolute atomic E-state index is 5.95. The molecule has 1 aliphatic rings. The summed E-state index contributed by atoms with van der Waals surface area (Å²) in [6.45, 7) is 2.08. The Hall–Kier alpha value is -0.0800. The third-order valence-corrected chi connectivity index (χ3v) is 2.68. The van der Waals surface area contributed by atoms with Gasteiger partial charge in [0.15, 0.2) is 0 Å². The number of methoxy groups -OCH3 is 1. The van der Waals surface area contributed by atoms with E-state index in [1.807, 2.05) is 0 Å². The number of rotatable bonds is 6. The van der Waals surface area contributed by atoms with Crippen LogP contribution < -0.4 is 5.73 Å². The van der Waals surface area contributed by atoms with Gasteiger partial charge in [-0.15, -0.1) is 0 Å². The van der Waals surface area contributed by atoms with Crippen LogP contribution in [0.5, 0.6) is 0 Å². The standard InChI is InChI=1S/C10H21NO/c1-8(12-2)7-10(11)6-5-9-3-4-9/h8-10H,3-7,11H2,1-2H3. The molecule has 0 saturated heterocycles. The summed E-state index contributed by atoms with van der Waals surface area (Å²) in [5.74, 6) is 1.01. The van der Waals surface area contributed by atoms with Crippen LogP contribution in [0.25, 0.3) is 0 Å². The van der Waals surface area contributed by atoms with Gasteiger partial charge in [0, 0.05) is 13.2 Å². The monoisotopic (exact) mass is 171 g/mol. The van der Waals surface area contributed by atoms with Crippen LogP contribution in [-0.2, 0) is 4.74 Å². The van der Waals surface area contributed by atoms with E-state index >= 15 is 0 Å². The molecule has 0 heterocycles. The van der Waals surface area contributed by atoms with E-state index in [9.17, 15) is 0 Å². The number of hydrogen-bond donors (Lipinski definition) is 1. The van der Waals surface area contributed by atoms with E-state index in [4.69, 9.17) is 10.5 Å². The summed E-state index contributed by atoms with van der Waals surface area (Å²) in [7, 11) is 1.75. The largest absolute Gasteiger partial charge is 0.382 e. The first kappa shape index (κ1) is 10.0. The predicted octanol–water partition coefficient (Wildman–Crippen LogP) is 1.93. The van der Waals surface area contributed by atoms with Crippen molar-refractivity contribution < 1.29 is 4.74 Å². The molecule has 1 aliphatic carbocycles. The van der Waals surface area contributed by atoms with Crippen molar-refractivity contribution >= 4 is 0 Å². The average Bonchev–Trinajstić information content (AvgIpc) is 2.83. The molecule has 2 unspecified atom stereocenters. The van der Waals surface area contributed by atoms with Gasteiger partial charge >= 0.3 is 0 Å². The summed E-state index contributed by atoms with van der Waals surface area (Å²) in [6.07, 6.45) is 6.71. The zero-order chi connectivity index (χ0) is 8.97.